The van der Waals surface area contributed by atoms with Gasteiger partial charge in [0.1, 0.15) is 0 Å². The second-order valence-electron chi connectivity index (χ2n) is 5.86. The lowest BCUT2D eigenvalue weighted by Crippen LogP contribution is -2.09. The van der Waals surface area contributed by atoms with Crippen molar-refractivity contribution >= 4 is 51.3 Å². The lowest BCUT2D eigenvalue weighted by molar-refractivity contribution is -0.131. The summed E-state index contributed by atoms with van der Waals surface area (Å²) in [6.45, 7) is 0.357. The van der Waals surface area contributed by atoms with Gasteiger partial charge in [-0.2, -0.15) is 0 Å². The molecule has 0 heterocycles. The van der Waals surface area contributed by atoms with Crippen LogP contribution >= 0.6 is 33.2 Å². The van der Waals surface area contributed by atoms with Crippen LogP contribution in [-0.2, 0) is 4.79 Å². The summed E-state index contributed by atoms with van der Waals surface area (Å²) >= 11 is 17.4. The van der Waals surface area contributed by atoms with Crippen molar-refractivity contribution in [3.8, 4) is 16.9 Å². The Morgan fingerprint density at radius 3 is 2.33 bits per heavy atom. The molecule has 0 saturated heterocycles. The predicted octanol–water partition coefficient (Wildman–Crippen LogP) is 6.40. The third-order valence-electron chi connectivity index (χ3n) is 3.71. The number of carboxylic acid groups (broad SMARTS) is 1. The summed E-state index contributed by atoms with van der Waals surface area (Å²) in [5.41, 5.74) is 2.27. The van der Waals surface area contributed by atoms with Crippen LogP contribution in [0, 0.1) is 5.82 Å². The molecule has 27 heavy (non-hydrogen) atoms. The molecule has 1 N–H and O–H groups in total. The molecule has 144 valence electrons. The zero-order chi connectivity index (χ0) is 19.9. The predicted molar refractivity (Wildman–Crippen MR) is 111 cm³/mol. The standard InChI is InChI=1S/C19H18Cl3FO3Si/c20-27(21,22)12-2-1-11-26-18-9-8-16(13-17(18)23)15-6-3-14(4-7-15)5-10-19(24)25/h3-10,13H,1-2,11-12H2,(H,24,25)/b10-5+. The summed E-state index contributed by atoms with van der Waals surface area (Å²) in [4.78, 5) is 10.5. The Hall–Kier alpha value is -1.53. The molecule has 0 spiro atoms. The molecular weight excluding hydrogens is 430 g/mol. The first kappa shape index (κ1) is 21.8. The molecule has 0 aromatic heterocycles. The van der Waals surface area contributed by atoms with Crippen molar-refractivity contribution in [2.24, 2.45) is 0 Å². The second kappa shape index (κ2) is 10.1. The number of hydrogen-bond acceptors (Lipinski definition) is 2. The van der Waals surface area contributed by atoms with Crippen LogP contribution in [0.15, 0.2) is 48.5 Å². The summed E-state index contributed by atoms with van der Waals surface area (Å²) in [7, 11) is 0. The number of rotatable bonds is 9. The zero-order valence-electron chi connectivity index (χ0n) is 14.3. The van der Waals surface area contributed by atoms with E-state index in [0.29, 0.717) is 24.6 Å². The molecule has 0 bridgehead atoms. The maximum Gasteiger partial charge on any atom is 0.341 e. The third kappa shape index (κ3) is 7.93. The largest absolute Gasteiger partial charge is 0.491 e. The molecule has 0 amide bonds. The number of ether oxygens (including phenoxy) is 1. The molecule has 2 aromatic rings. The quantitative estimate of drug-likeness (QED) is 0.209. The maximum absolute atomic E-state index is 14.3. The highest BCUT2D eigenvalue weighted by Gasteiger charge is 2.23. The minimum atomic E-state index is -2.60. The van der Waals surface area contributed by atoms with Crippen LogP contribution in [0.4, 0.5) is 4.39 Å². The van der Waals surface area contributed by atoms with Crippen LogP contribution in [0.1, 0.15) is 18.4 Å². The van der Waals surface area contributed by atoms with Crippen LogP contribution in [0.3, 0.4) is 0 Å². The number of carboxylic acids is 1. The van der Waals surface area contributed by atoms with Gasteiger partial charge in [-0.05, 0) is 53.8 Å². The SMILES string of the molecule is O=C(O)/C=C/c1ccc(-c2ccc(OCCCC[Si](Cl)(Cl)Cl)c(F)c2)cc1. The Balaban J connectivity index is 1.94. The number of benzene rings is 2. The van der Waals surface area contributed by atoms with Gasteiger partial charge in [-0.15, -0.1) is 33.2 Å². The van der Waals surface area contributed by atoms with E-state index in [0.717, 1.165) is 23.6 Å². The molecule has 0 atom stereocenters. The Bertz CT molecular complexity index is 805. The first-order chi connectivity index (χ1) is 12.7. The molecule has 0 radical (unpaired) electrons. The van der Waals surface area contributed by atoms with Gasteiger partial charge >= 0.3 is 12.0 Å². The van der Waals surface area contributed by atoms with Crippen LogP contribution in [0.5, 0.6) is 5.75 Å². The average molecular weight is 448 g/mol. The fraction of sp³-hybridized carbons (Fsp3) is 0.211. The minimum absolute atomic E-state index is 0.186. The Labute approximate surface area is 172 Å². The van der Waals surface area contributed by atoms with Crippen LogP contribution in [0.25, 0.3) is 17.2 Å². The lowest BCUT2D eigenvalue weighted by atomic mass is 10.0. The molecule has 0 aliphatic heterocycles. The first-order valence-corrected chi connectivity index (χ1v) is 13.5. The highest BCUT2D eigenvalue weighted by atomic mass is 35.8. The van der Waals surface area contributed by atoms with Crippen LogP contribution in [0.2, 0.25) is 6.04 Å². The van der Waals surface area contributed by atoms with Crippen molar-refractivity contribution < 1.29 is 19.0 Å². The summed E-state index contributed by atoms with van der Waals surface area (Å²) < 4.78 is 19.7. The molecule has 2 rings (SSSR count). The van der Waals surface area contributed by atoms with Gasteiger partial charge < -0.3 is 9.84 Å². The van der Waals surface area contributed by atoms with Gasteiger partial charge in [0.25, 0.3) is 0 Å². The highest BCUT2D eigenvalue weighted by Crippen LogP contribution is 2.28. The Kier molecular flexibility index (Phi) is 8.17. The van der Waals surface area contributed by atoms with Crippen molar-refractivity contribution in [2.75, 3.05) is 6.61 Å². The lowest BCUT2D eigenvalue weighted by Gasteiger charge is -2.10. The van der Waals surface area contributed by atoms with E-state index in [1.807, 2.05) is 0 Å². The van der Waals surface area contributed by atoms with Crippen molar-refractivity contribution in [1.29, 1.82) is 0 Å². The molecule has 8 heteroatoms. The number of halogens is 4. The fourth-order valence-corrected chi connectivity index (χ4v) is 4.21. The Morgan fingerprint density at radius 2 is 1.74 bits per heavy atom. The average Bonchev–Trinajstić information content (AvgIpc) is 2.60. The minimum Gasteiger partial charge on any atom is -0.491 e. The van der Waals surface area contributed by atoms with Crippen molar-refractivity contribution in [3.05, 3.63) is 59.9 Å². The van der Waals surface area contributed by atoms with E-state index in [1.54, 1.807) is 36.4 Å². The van der Waals surface area contributed by atoms with E-state index in [4.69, 9.17) is 43.1 Å². The summed E-state index contributed by atoms with van der Waals surface area (Å²) in [5.74, 6) is -1.27. The maximum atomic E-state index is 14.3. The van der Waals surface area contributed by atoms with E-state index < -0.39 is 17.8 Å². The number of hydrogen-bond donors (Lipinski definition) is 1. The van der Waals surface area contributed by atoms with Gasteiger partial charge in [-0.1, -0.05) is 30.3 Å². The van der Waals surface area contributed by atoms with Crippen molar-refractivity contribution in [2.45, 2.75) is 18.9 Å². The summed E-state index contributed by atoms with van der Waals surface area (Å²) in [5, 5.41) is 8.63. The number of carbonyl (C=O) groups is 1. The zero-order valence-corrected chi connectivity index (χ0v) is 17.6. The van der Waals surface area contributed by atoms with Gasteiger partial charge in [-0.3, -0.25) is 0 Å². The summed E-state index contributed by atoms with van der Waals surface area (Å²) in [6, 6.07) is 9.87. The normalized spacial score (nSPS) is 11.7. The van der Waals surface area contributed by atoms with Gasteiger partial charge in [0.2, 0.25) is 0 Å². The number of aliphatic carboxylic acids is 1. The molecule has 0 saturated carbocycles. The highest BCUT2D eigenvalue weighted by molar-refractivity contribution is 7.64. The monoisotopic (exact) mass is 446 g/mol. The van der Waals surface area contributed by atoms with E-state index in [1.165, 1.54) is 12.1 Å². The van der Waals surface area contributed by atoms with Crippen LogP contribution in [-0.4, -0.2) is 23.7 Å². The molecule has 0 aliphatic rings. The smallest absolute Gasteiger partial charge is 0.341 e. The van der Waals surface area contributed by atoms with E-state index >= 15 is 0 Å². The molecule has 2 aromatic carbocycles. The summed E-state index contributed by atoms with van der Waals surface area (Å²) in [6.07, 6.45) is 3.98. The van der Waals surface area contributed by atoms with E-state index in [2.05, 4.69) is 0 Å². The molecule has 0 unspecified atom stereocenters. The van der Waals surface area contributed by atoms with Gasteiger partial charge in [0.05, 0.1) is 6.61 Å². The van der Waals surface area contributed by atoms with Gasteiger partial charge in [-0.25, -0.2) is 9.18 Å². The molecular formula is C19H18Cl3FO3Si. The topological polar surface area (TPSA) is 46.5 Å². The molecule has 0 fully saturated rings. The Morgan fingerprint density at radius 1 is 1.07 bits per heavy atom. The first-order valence-electron chi connectivity index (χ1n) is 8.25. The van der Waals surface area contributed by atoms with Gasteiger partial charge in [0, 0.05) is 6.08 Å². The van der Waals surface area contributed by atoms with Crippen LogP contribution < -0.4 is 4.74 Å². The molecule has 0 aliphatic carbocycles. The molecule has 3 nitrogen and oxygen atoms in total. The second-order valence-corrected chi connectivity index (χ2v) is 15.1. The van der Waals surface area contributed by atoms with Crippen molar-refractivity contribution in [1.82, 2.24) is 0 Å². The fourth-order valence-electron chi connectivity index (χ4n) is 2.36. The van der Waals surface area contributed by atoms with Crippen molar-refractivity contribution in [3.63, 3.8) is 0 Å². The van der Waals surface area contributed by atoms with Gasteiger partial charge in [0.15, 0.2) is 11.6 Å². The van der Waals surface area contributed by atoms with E-state index in [9.17, 15) is 9.18 Å². The third-order valence-corrected chi connectivity index (χ3v) is 6.33. The van der Waals surface area contributed by atoms with E-state index in [-0.39, 0.29) is 5.75 Å². The number of unbranched alkanes of at least 4 members (excludes halogenated alkanes) is 1.